The fourth-order valence-corrected chi connectivity index (χ4v) is 2.51. The maximum Gasteiger partial charge on any atom is 0.251 e. The number of nitrogens with one attached hydrogen (secondary N) is 2. The van der Waals surface area contributed by atoms with Crippen molar-refractivity contribution in [1.29, 1.82) is 0 Å². The molecular formula is C19H18F2N2O2. The Balaban J connectivity index is 1.63. The standard InChI is InChI=1S/C19H18F2N2O2/c1-11(16-9-6-14(20)10-17(16)21)22-18(24)13-4-7-15(8-5-13)23-19(25)12-2-3-12/h4-12H,2-3H2,1H3,(H,22,24)(H,23,25)/t11-/m1/s1. The predicted octanol–water partition coefficient (Wildman–Crippen LogP) is 3.80. The number of rotatable bonds is 5. The van der Waals surface area contributed by atoms with Gasteiger partial charge < -0.3 is 10.6 Å². The van der Waals surface area contributed by atoms with E-state index < -0.39 is 17.7 Å². The van der Waals surface area contributed by atoms with Gasteiger partial charge in [0, 0.05) is 28.8 Å². The molecule has 1 aliphatic rings. The van der Waals surface area contributed by atoms with Crippen LogP contribution >= 0.6 is 0 Å². The molecule has 0 bridgehead atoms. The van der Waals surface area contributed by atoms with Gasteiger partial charge in [-0.2, -0.15) is 0 Å². The summed E-state index contributed by atoms with van der Waals surface area (Å²) in [5, 5.41) is 5.47. The Bertz CT molecular complexity index is 802. The van der Waals surface area contributed by atoms with E-state index in [1.165, 1.54) is 6.07 Å². The van der Waals surface area contributed by atoms with Crippen LogP contribution in [0, 0.1) is 17.6 Å². The third-order valence-corrected chi connectivity index (χ3v) is 4.14. The molecule has 0 radical (unpaired) electrons. The topological polar surface area (TPSA) is 58.2 Å². The summed E-state index contributed by atoms with van der Waals surface area (Å²) in [4.78, 5) is 24.0. The molecule has 0 unspecified atom stereocenters. The van der Waals surface area contributed by atoms with Crippen molar-refractivity contribution >= 4 is 17.5 Å². The molecule has 1 aliphatic carbocycles. The summed E-state index contributed by atoms with van der Waals surface area (Å²) < 4.78 is 26.7. The SMILES string of the molecule is C[C@@H](NC(=O)c1ccc(NC(=O)C2CC2)cc1)c1ccc(F)cc1F. The Morgan fingerprint density at radius 2 is 1.76 bits per heavy atom. The fourth-order valence-electron chi connectivity index (χ4n) is 2.51. The van der Waals surface area contributed by atoms with E-state index in [2.05, 4.69) is 10.6 Å². The third kappa shape index (κ3) is 4.21. The molecule has 3 rings (SSSR count). The second-order valence-electron chi connectivity index (χ2n) is 6.20. The average Bonchev–Trinajstić information content (AvgIpc) is 3.40. The number of hydrogen-bond donors (Lipinski definition) is 2. The molecule has 2 amide bonds. The van der Waals surface area contributed by atoms with E-state index in [1.54, 1.807) is 31.2 Å². The molecule has 130 valence electrons. The van der Waals surface area contributed by atoms with Gasteiger partial charge in [0.15, 0.2) is 0 Å². The highest BCUT2D eigenvalue weighted by Gasteiger charge is 2.29. The van der Waals surface area contributed by atoms with Crippen LogP contribution in [0.5, 0.6) is 0 Å². The van der Waals surface area contributed by atoms with Crippen molar-refractivity contribution in [2.45, 2.75) is 25.8 Å². The van der Waals surface area contributed by atoms with Crippen molar-refractivity contribution in [1.82, 2.24) is 5.32 Å². The Morgan fingerprint density at radius 1 is 1.08 bits per heavy atom. The van der Waals surface area contributed by atoms with Crippen LogP contribution in [-0.4, -0.2) is 11.8 Å². The van der Waals surface area contributed by atoms with E-state index >= 15 is 0 Å². The number of carbonyl (C=O) groups is 2. The molecule has 2 aromatic carbocycles. The number of carbonyl (C=O) groups excluding carboxylic acids is 2. The van der Waals surface area contributed by atoms with E-state index in [0.29, 0.717) is 11.3 Å². The van der Waals surface area contributed by atoms with Gasteiger partial charge in [0.1, 0.15) is 11.6 Å². The number of anilines is 1. The van der Waals surface area contributed by atoms with Gasteiger partial charge in [-0.1, -0.05) is 6.07 Å². The van der Waals surface area contributed by atoms with E-state index in [4.69, 9.17) is 0 Å². The van der Waals surface area contributed by atoms with Gasteiger partial charge in [0.05, 0.1) is 6.04 Å². The lowest BCUT2D eigenvalue weighted by Crippen LogP contribution is -2.27. The molecule has 0 aromatic heterocycles. The summed E-state index contributed by atoms with van der Waals surface area (Å²) >= 11 is 0. The second kappa shape index (κ2) is 7.01. The minimum Gasteiger partial charge on any atom is -0.345 e. The van der Waals surface area contributed by atoms with Crippen molar-refractivity contribution in [2.75, 3.05) is 5.32 Å². The smallest absolute Gasteiger partial charge is 0.251 e. The molecular weight excluding hydrogens is 326 g/mol. The second-order valence-corrected chi connectivity index (χ2v) is 6.20. The van der Waals surface area contributed by atoms with Gasteiger partial charge in [-0.3, -0.25) is 9.59 Å². The number of hydrogen-bond acceptors (Lipinski definition) is 2. The van der Waals surface area contributed by atoms with Gasteiger partial charge in [0.2, 0.25) is 5.91 Å². The van der Waals surface area contributed by atoms with Gasteiger partial charge in [0.25, 0.3) is 5.91 Å². The van der Waals surface area contributed by atoms with E-state index in [-0.39, 0.29) is 23.3 Å². The molecule has 0 heterocycles. The van der Waals surface area contributed by atoms with Gasteiger partial charge in [-0.25, -0.2) is 8.78 Å². The zero-order valence-electron chi connectivity index (χ0n) is 13.7. The van der Waals surface area contributed by atoms with Crippen molar-refractivity contribution in [3.63, 3.8) is 0 Å². The summed E-state index contributed by atoms with van der Waals surface area (Å²) in [6, 6.07) is 9.12. The normalized spacial score (nSPS) is 14.7. The molecule has 2 N–H and O–H groups in total. The molecule has 0 saturated heterocycles. The number of benzene rings is 2. The van der Waals surface area contributed by atoms with Crippen LogP contribution in [0.3, 0.4) is 0 Å². The molecule has 0 aliphatic heterocycles. The van der Waals surface area contributed by atoms with E-state index in [0.717, 1.165) is 25.0 Å². The minimum atomic E-state index is -0.703. The summed E-state index contributed by atoms with van der Waals surface area (Å²) in [6.07, 6.45) is 1.84. The Hall–Kier alpha value is -2.76. The Kier molecular flexibility index (Phi) is 4.79. The summed E-state index contributed by atoms with van der Waals surface area (Å²) in [6.45, 7) is 1.62. The summed E-state index contributed by atoms with van der Waals surface area (Å²) in [5.41, 5.74) is 1.23. The quantitative estimate of drug-likeness (QED) is 0.867. The number of amides is 2. The first-order chi connectivity index (χ1) is 11.9. The highest BCUT2D eigenvalue weighted by molar-refractivity contribution is 5.96. The van der Waals surface area contributed by atoms with Crippen molar-refractivity contribution in [3.05, 3.63) is 65.2 Å². The van der Waals surface area contributed by atoms with Gasteiger partial charge in [-0.15, -0.1) is 0 Å². The lowest BCUT2D eigenvalue weighted by molar-refractivity contribution is -0.117. The van der Waals surface area contributed by atoms with Crippen LogP contribution in [-0.2, 0) is 4.79 Å². The fraction of sp³-hybridized carbons (Fsp3) is 0.263. The molecule has 2 aromatic rings. The monoisotopic (exact) mass is 344 g/mol. The highest BCUT2D eigenvalue weighted by Crippen LogP contribution is 2.30. The van der Waals surface area contributed by atoms with Crippen LogP contribution in [0.25, 0.3) is 0 Å². The molecule has 6 heteroatoms. The summed E-state index contributed by atoms with van der Waals surface area (Å²) in [5.74, 6) is -1.64. The van der Waals surface area contributed by atoms with Crippen molar-refractivity contribution in [3.8, 4) is 0 Å². The third-order valence-electron chi connectivity index (χ3n) is 4.14. The zero-order valence-corrected chi connectivity index (χ0v) is 13.7. The predicted molar refractivity (Wildman–Crippen MR) is 90.0 cm³/mol. The number of halogens is 2. The van der Waals surface area contributed by atoms with Crippen molar-refractivity contribution in [2.24, 2.45) is 5.92 Å². The van der Waals surface area contributed by atoms with Crippen molar-refractivity contribution < 1.29 is 18.4 Å². The van der Waals surface area contributed by atoms with E-state index in [9.17, 15) is 18.4 Å². The first-order valence-electron chi connectivity index (χ1n) is 8.11. The Morgan fingerprint density at radius 3 is 2.36 bits per heavy atom. The summed E-state index contributed by atoms with van der Waals surface area (Å²) in [7, 11) is 0. The molecule has 1 atom stereocenters. The lowest BCUT2D eigenvalue weighted by Gasteiger charge is -2.15. The minimum absolute atomic E-state index is 0.00221. The van der Waals surface area contributed by atoms with E-state index in [1.807, 2.05) is 0 Å². The maximum atomic E-state index is 13.8. The first-order valence-corrected chi connectivity index (χ1v) is 8.11. The van der Waals surface area contributed by atoms with Gasteiger partial charge >= 0.3 is 0 Å². The highest BCUT2D eigenvalue weighted by atomic mass is 19.1. The van der Waals surface area contributed by atoms with Crippen LogP contribution in [0.1, 0.15) is 41.7 Å². The molecule has 0 spiro atoms. The van der Waals surface area contributed by atoms with Crippen LogP contribution in [0.15, 0.2) is 42.5 Å². The molecule has 25 heavy (non-hydrogen) atoms. The largest absolute Gasteiger partial charge is 0.345 e. The lowest BCUT2D eigenvalue weighted by atomic mass is 10.1. The molecule has 1 fully saturated rings. The van der Waals surface area contributed by atoms with Crippen LogP contribution < -0.4 is 10.6 Å². The zero-order chi connectivity index (χ0) is 18.0. The average molecular weight is 344 g/mol. The maximum absolute atomic E-state index is 13.8. The first kappa shape index (κ1) is 17.1. The Labute approximate surface area is 144 Å². The van der Waals surface area contributed by atoms with Crippen LogP contribution in [0.4, 0.5) is 14.5 Å². The van der Waals surface area contributed by atoms with Crippen LogP contribution in [0.2, 0.25) is 0 Å². The van der Waals surface area contributed by atoms with Gasteiger partial charge in [-0.05, 0) is 50.1 Å². The molecule has 4 nitrogen and oxygen atoms in total. The molecule has 1 saturated carbocycles.